The van der Waals surface area contributed by atoms with Gasteiger partial charge in [-0.1, -0.05) is 17.5 Å². The van der Waals surface area contributed by atoms with Crippen LogP contribution in [0.5, 0.6) is 0 Å². The molecular weight excluding hydrogens is 246 g/mol. The fraction of sp³-hybridized carbons (Fsp3) is 0.357. The highest BCUT2D eigenvalue weighted by molar-refractivity contribution is 6.32. The fourth-order valence-corrected chi connectivity index (χ4v) is 2.33. The minimum absolute atomic E-state index is 0.0515. The summed E-state index contributed by atoms with van der Waals surface area (Å²) in [5.41, 5.74) is 1.50. The number of terminal acetylenes is 1. The third-order valence-corrected chi connectivity index (χ3v) is 3.49. The van der Waals surface area contributed by atoms with Crippen molar-refractivity contribution in [2.75, 3.05) is 18.0 Å². The maximum absolute atomic E-state index is 8.87. The lowest BCUT2D eigenvalue weighted by Gasteiger charge is -2.38. The Morgan fingerprint density at radius 3 is 2.94 bits per heavy atom. The third-order valence-electron chi connectivity index (χ3n) is 3.18. The molecule has 0 aromatic heterocycles. The first kappa shape index (κ1) is 12.8. The molecule has 18 heavy (non-hydrogen) atoms. The van der Waals surface area contributed by atoms with Gasteiger partial charge >= 0.3 is 0 Å². The molecule has 0 saturated carbocycles. The number of hydrogen-bond acceptors (Lipinski definition) is 3. The first-order chi connectivity index (χ1) is 8.65. The molecule has 1 N–H and O–H groups in total. The molecule has 1 saturated heterocycles. The SMILES string of the molecule is C#C[C@@H]1CN(c2ccc(C#N)c(Cl)c2)[C@@H](C)CN1. The van der Waals surface area contributed by atoms with Crippen molar-refractivity contribution in [3.8, 4) is 18.4 Å². The van der Waals surface area contributed by atoms with E-state index in [2.05, 4.69) is 29.1 Å². The predicted octanol–water partition coefficient (Wildman–Crippen LogP) is 2.01. The first-order valence-electron chi connectivity index (χ1n) is 5.81. The number of rotatable bonds is 1. The van der Waals surface area contributed by atoms with E-state index in [1.165, 1.54) is 0 Å². The number of halogens is 1. The number of nitrogens with one attached hydrogen (secondary N) is 1. The van der Waals surface area contributed by atoms with Crippen molar-refractivity contribution in [1.82, 2.24) is 5.32 Å². The molecule has 2 atom stereocenters. The molecule has 3 nitrogen and oxygen atoms in total. The van der Waals surface area contributed by atoms with Crippen LogP contribution < -0.4 is 10.2 Å². The van der Waals surface area contributed by atoms with Crippen LogP contribution in [0, 0.1) is 23.7 Å². The highest BCUT2D eigenvalue weighted by Crippen LogP contribution is 2.25. The summed E-state index contributed by atoms with van der Waals surface area (Å²) in [6, 6.07) is 7.95. The van der Waals surface area contributed by atoms with Gasteiger partial charge in [0.05, 0.1) is 16.6 Å². The maximum Gasteiger partial charge on any atom is 0.101 e. The van der Waals surface area contributed by atoms with Crippen LogP contribution in [-0.2, 0) is 0 Å². The number of nitriles is 1. The van der Waals surface area contributed by atoms with Gasteiger partial charge in [-0.15, -0.1) is 6.42 Å². The number of anilines is 1. The second-order valence-electron chi connectivity index (χ2n) is 4.40. The Morgan fingerprint density at radius 1 is 1.56 bits per heavy atom. The molecule has 1 aromatic carbocycles. The Labute approximate surface area is 112 Å². The smallest absolute Gasteiger partial charge is 0.101 e. The zero-order valence-corrected chi connectivity index (χ0v) is 10.9. The minimum atomic E-state index is 0.0515. The summed E-state index contributed by atoms with van der Waals surface area (Å²) in [5, 5.41) is 12.6. The highest BCUT2D eigenvalue weighted by atomic mass is 35.5. The van der Waals surface area contributed by atoms with Crippen molar-refractivity contribution in [3.05, 3.63) is 28.8 Å². The lowest BCUT2D eigenvalue weighted by molar-refractivity contribution is 0.457. The molecule has 0 spiro atoms. The van der Waals surface area contributed by atoms with Gasteiger partial charge in [-0.25, -0.2) is 0 Å². The van der Waals surface area contributed by atoms with Crippen LogP contribution in [0.15, 0.2) is 18.2 Å². The van der Waals surface area contributed by atoms with Crippen molar-refractivity contribution in [2.45, 2.75) is 19.0 Å². The Hall–Kier alpha value is -1.68. The number of piperazine rings is 1. The molecule has 1 fully saturated rings. The van der Waals surface area contributed by atoms with Crippen LogP contribution in [-0.4, -0.2) is 25.2 Å². The predicted molar refractivity (Wildman–Crippen MR) is 73.6 cm³/mol. The summed E-state index contributed by atoms with van der Waals surface area (Å²) in [6.45, 7) is 3.72. The molecule has 0 aliphatic carbocycles. The van der Waals surface area contributed by atoms with Gasteiger partial charge in [-0.3, -0.25) is 0 Å². The summed E-state index contributed by atoms with van der Waals surface area (Å²) in [5.74, 6) is 2.72. The van der Waals surface area contributed by atoms with Crippen LogP contribution in [0.4, 0.5) is 5.69 Å². The quantitative estimate of drug-likeness (QED) is 0.785. The standard InChI is InChI=1S/C14H14ClN3/c1-3-12-9-18(10(2)8-17-12)13-5-4-11(7-16)14(15)6-13/h1,4-6,10,12,17H,8-9H2,2H3/t10-,12+/m0/s1. The summed E-state index contributed by atoms with van der Waals surface area (Å²) in [7, 11) is 0. The largest absolute Gasteiger partial charge is 0.365 e. The van der Waals surface area contributed by atoms with Crippen molar-refractivity contribution in [1.29, 1.82) is 5.26 Å². The van der Waals surface area contributed by atoms with Gasteiger partial charge in [0.1, 0.15) is 6.07 Å². The Kier molecular flexibility index (Phi) is 3.77. The molecule has 1 aliphatic heterocycles. The van der Waals surface area contributed by atoms with E-state index in [1.807, 2.05) is 12.1 Å². The van der Waals surface area contributed by atoms with Gasteiger partial charge in [-0.2, -0.15) is 5.26 Å². The molecule has 0 radical (unpaired) electrons. The first-order valence-corrected chi connectivity index (χ1v) is 6.19. The van der Waals surface area contributed by atoms with E-state index in [1.54, 1.807) is 6.07 Å². The van der Waals surface area contributed by atoms with Gasteiger partial charge in [0.2, 0.25) is 0 Å². The van der Waals surface area contributed by atoms with E-state index in [0.29, 0.717) is 16.6 Å². The zero-order chi connectivity index (χ0) is 13.1. The molecule has 2 rings (SSSR count). The number of hydrogen-bond donors (Lipinski definition) is 1. The molecule has 0 unspecified atom stereocenters. The lowest BCUT2D eigenvalue weighted by Crippen LogP contribution is -2.55. The Bertz CT molecular complexity index is 527. The highest BCUT2D eigenvalue weighted by Gasteiger charge is 2.24. The lowest BCUT2D eigenvalue weighted by atomic mass is 10.1. The normalized spacial score (nSPS) is 23.2. The second kappa shape index (κ2) is 5.31. The monoisotopic (exact) mass is 259 g/mol. The summed E-state index contributed by atoms with van der Waals surface area (Å²) in [4.78, 5) is 2.22. The van der Waals surface area contributed by atoms with Crippen molar-refractivity contribution in [2.24, 2.45) is 0 Å². The summed E-state index contributed by atoms with van der Waals surface area (Å²) in [6.07, 6.45) is 5.46. The van der Waals surface area contributed by atoms with E-state index in [9.17, 15) is 0 Å². The molecule has 1 heterocycles. The summed E-state index contributed by atoms with van der Waals surface area (Å²) >= 11 is 6.06. The molecular formula is C14H14ClN3. The molecule has 1 aliphatic rings. The zero-order valence-electron chi connectivity index (χ0n) is 10.2. The summed E-state index contributed by atoms with van der Waals surface area (Å²) < 4.78 is 0. The van der Waals surface area contributed by atoms with Crippen LogP contribution in [0.1, 0.15) is 12.5 Å². The topological polar surface area (TPSA) is 39.1 Å². The van der Waals surface area contributed by atoms with Crippen LogP contribution in [0.25, 0.3) is 0 Å². The molecule has 0 amide bonds. The van der Waals surface area contributed by atoms with Crippen molar-refractivity contribution < 1.29 is 0 Å². The maximum atomic E-state index is 8.87. The molecule has 0 bridgehead atoms. The second-order valence-corrected chi connectivity index (χ2v) is 4.81. The van der Waals surface area contributed by atoms with Crippen LogP contribution >= 0.6 is 11.6 Å². The van der Waals surface area contributed by atoms with E-state index in [4.69, 9.17) is 23.3 Å². The molecule has 1 aromatic rings. The van der Waals surface area contributed by atoms with Crippen LogP contribution in [0.3, 0.4) is 0 Å². The van der Waals surface area contributed by atoms with Gasteiger partial charge in [0.15, 0.2) is 0 Å². The van der Waals surface area contributed by atoms with Gasteiger partial charge in [0.25, 0.3) is 0 Å². The average molecular weight is 260 g/mol. The van der Waals surface area contributed by atoms with E-state index in [0.717, 1.165) is 18.8 Å². The van der Waals surface area contributed by atoms with E-state index >= 15 is 0 Å². The van der Waals surface area contributed by atoms with Crippen molar-refractivity contribution >= 4 is 17.3 Å². The Morgan fingerprint density at radius 2 is 2.33 bits per heavy atom. The minimum Gasteiger partial charge on any atom is -0.365 e. The van der Waals surface area contributed by atoms with Gasteiger partial charge in [-0.05, 0) is 25.1 Å². The molecule has 4 heteroatoms. The third kappa shape index (κ3) is 2.43. The van der Waals surface area contributed by atoms with Crippen molar-refractivity contribution in [3.63, 3.8) is 0 Å². The van der Waals surface area contributed by atoms with Crippen LogP contribution in [0.2, 0.25) is 5.02 Å². The Balaban J connectivity index is 2.27. The average Bonchev–Trinajstić information content (AvgIpc) is 2.39. The van der Waals surface area contributed by atoms with Gasteiger partial charge < -0.3 is 10.2 Å². The molecule has 92 valence electrons. The number of benzene rings is 1. The number of nitrogens with zero attached hydrogens (tertiary/aromatic N) is 2. The van der Waals surface area contributed by atoms with E-state index < -0.39 is 0 Å². The van der Waals surface area contributed by atoms with Gasteiger partial charge in [0, 0.05) is 24.8 Å². The van der Waals surface area contributed by atoms with E-state index in [-0.39, 0.29) is 6.04 Å². The fourth-order valence-electron chi connectivity index (χ4n) is 2.11.